The molecule has 2 aromatic carbocycles. The van der Waals surface area contributed by atoms with E-state index in [0.29, 0.717) is 11.5 Å². The average molecular weight is 318 g/mol. The predicted molar refractivity (Wildman–Crippen MR) is 97.1 cm³/mol. The maximum absolute atomic E-state index is 7.53. The lowest BCUT2D eigenvalue weighted by atomic mass is 10.1. The van der Waals surface area contributed by atoms with E-state index in [4.69, 9.17) is 16.9 Å². The highest BCUT2D eigenvalue weighted by Crippen LogP contribution is 2.19. The molecule has 24 heavy (non-hydrogen) atoms. The van der Waals surface area contributed by atoms with E-state index < -0.39 is 0 Å². The number of imidazole rings is 1. The number of anilines is 1. The predicted octanol–water partition coefficient (Wildman–Crippen LogP) is 2.69. The van der Waals surface area contributed by atoms with Crippen molar-refractivity contribution in [2.24, 2.45) is 10.8 Å². The molecule has 0 bridgehead atoms. The molecule has 6 heteroatoms. The number of rotatable bonds is 4. The molecule has 6 nitrogen and oxygen atoms in total. The molecule has 0 fully saturated rings. The summed E-state index contributed by atoms with van der Waals surface area (Å²) >= 11 is 0. The van der Waals surface area contributed by atoms with Crippen LogP contribution >= 0.6 is 0 Å². The minimum Gasteiger partial charge on any atom is -0.384 e. The Hall–Kier alpha value is -3.41. The van der Waals surface area contributed by atoms with Crippen LogP contribution in [0.3, 0.4) is 0 Å². The lowest BCUT2D eigenvalue weighted by molar-refractivity contribution is 0.890. The van der Waals surface area contributed by atoms with Crippen molar-refractivity contribution in [1.82, 2.24) is 9.66 Å². The summed E-state index contributed by atoms with van der Waals surface area (Å²) in [5.74, 6) is 0.342. The van der Waals surface area contributed by atoms with Gasteiger partial charge in [-0.15, -0.1) is 0 Å². The molecule has 0 radical (unpaired) electrons. The van der Waals surface area contributed by atoms with Gasteiger partial charge in [-0.2, -0.15) is 5.10 Å². The lowest BCUT2D eigenvalue weighted by Gasteiger charge is -2.04. The van der Waals surface area contributed by atoms with E-state index >= 15 is 0 Å². The molecule has 0 unspecified atom stereocenters. The smallest absolute Gasteiger partial charge is 0.221 e. The second-order valence-electron chi connectivity index (χ2n) is 5.37. The van der Waals surface area contributed by atoms with Crippen LogP contribution in [0.5, 0.6) is 0 Å². The zero-order valence-corrected chi connectivity index (χ0v) is 13.3. The Morgan fingerprint density at radius 2 is 1.79 bits per heavy atom. The second kappa shape index (κ2) is 6.37. The standard InChI is InChI=1S/C18H18N6/c1-12(14-8-5-9-15(10-14)17(19)20)23-24-11-16(22-18(24)21)13-6-3-2-4-7-13/h2-11H,1H3,(H3,19,20)(H2,21,22). The third-order valence-electron chi connectivity index (χ3n) is 3.63. The van der Waals surface area contributed by atoms with Gasteiger partial charge in [-0.1, -0.05) is 48.5 Å². The van der Waals surface area contributed by atoms with Crippen molar-refractivity contribution in [2.45, 2.75) is 6.92 Å². The molecule has 0 spiro atoms. The first kappa shape index (κ1) is 15.5. The van der Waals surface area contributed by atoms with Crippen LogP contribution in [-0.2, 0) is 0 Å². The van der Waals surface area contributed by atoms with Gasteiger partial charge < -0.3 is 11.5 Å². The summed E-state index contributed by atoms with van der Waals surface area (Å²) in [5, 5.41) is 12.0. The van der Waals surface area contributed by atoms with Crippen molar-refractivity contribution in [1.29, 1.82) is 5.41 Å². The molecular formula is C18H18N6. The minimum atomic E-state index is 0.0261. The van der Waals surface area contributed by atoms with Crippen molar-refractivity contribution in [3.8, 4) is 11.3 Å². The summed E-state index contributed by atoms with van der Waals surface area (Å²) < 4.78 is 1.55. The summed E-state index contributed by atoms with van der Waals surface area (Å²) in [6, 6.07) is 17.2. The van der Waals surface area contributed by atoms with Gasteiger partial charge in [-0.05, 0) is 18.6 Å². The highest BCUT2D eigenvalue weighted by Gasteiger charge is 2.07. The largest absolute Gasteiger partial charge is 0.384 e. The number of nitrogen functional groups attached to an aromatic ring is 2. The quantitative estimate of drug-likeness (QED) is 0.508. The number of hydrogen-bond donors (Lipinski definition) is 3. The van der Waals surface area contributed by atoms with E-state index in [2.05, 4.69) is 10.1 Å². The summed E-state index contributed by atoms with van der Waals surface area (Å²) in [6.07, 6.45) is 1.79. The molecule has 1 aromatic heterocycles. The molecule has 120 valence electrons. The molecule has 5 N–H and O–H groups in total. The number of hydrogen-bond acceptors (Lipinski definition) is 4. The Labute approximate surface area is 140 Å². The molecular weight excluding hydrogens is 300 g/mol. The lowest BCUT2D eigenvalue weighted by Crippen LogP contribution is -2.12. The summed E-state index contributed by atoms with van der Waals surface area (Å²) in [7, 11) is 0. The first-order valence-electron chi connectivity index (χ1n) is 7.45. The molecule has 3 rings (SSSR count). The average Bonchev–Trinajstić information content (AvgIpc) is 2.96. The first-order chi connectivity index (χ1) is 11.5. The van der Waals surface area contributed by atoms with Crippen LogP contribution in [0, 0.1) is 5.41 Å². The van der Waals surface area contributed by atoms with Gasteiger partial charge in [-0.25, -0.2) is 9.66 Å². The van der Waals surface area contributed by atoms with Crippen molar-refractivity contribution < 1.29 is 0 Å². The molecule has 1 heterocycles. The number of nitrogens with one attached hydrogen (secondary N) is 1. The molecule has 0 aliphatic carbocycles. The Balaban J connectivity index is 1.95. The molecule has 3 aromatic rings. The summed E-state index contributed by atoms with van der Waals surface area (Å²) in [5.41, 5.74) is 15.5. The highest BCUT2D eigenvalue weighted by molar-refractivity contribution is 6.02. The van der Waals surface area contributed by atoms with Crippen LogP contribution in [0.25, 0.3) is 11.3 Å². The van der Waals surface area contributed by atoms with Gasteiger partial charge in [0.2, 0.25) is 5.95 Å². The monoisotopic (exact) mass is 318 g/mol. The zero-order valence-electron chi connectivity index (χ0n) is 13.3. The van der Waals surface area contributed by atoms with E-state index in [1.165, 1.54) is 0 Å². The molecule has 0 aliphatic rings. The van der Waals surface area contributed by atoms with Crippen molar-refractivity contribution in [3.05, 3.63) is 71.9 Å². The van der Waals surface area contributed by atoms with Gasteiger partial charge in [0.1, 0.15) is 5.84 Å². The maximum atomic E-state index is 7.53. The van der Waals surface area contributed by atoms with Gasteiger partial charge in [0.05, 0.1) is 17.6 Å². The Bertz CT molecular complexity index is 908. The van der Waals surface area contributed by atoms with Gasteiger partial charge in [0, 0.05) is 11.1 Å². The fourth-order valence-electron chi connectivity index (χ4n) is 2.34. The van der Waals surface area contributed by atoms with Crippen LogP contribution in [0.4, 0.5) is 5.95 Å². The Morgan fingerprint density at radius 3 is 2.50 bits per heavy atom. The second-order valence-corrected chi connectivity index (χ2v) is 5.37. The van der Waals surface area contributed by atoms with E-state index in [1.54, 1.807) is 16.9 Å². The van der Waals surface area contributed by atoms with Gasteiger partial charge in [0.25, 0.3) is 0 Å². The van der Waals surface area contributed by atoms with E-state index in [1.807, 2.05) is 55.5 Å². The number of aromatic nitrogens is 2. The van der Waals surface area contributed by atoms with Gasteiger partial charge in [-0.3, -0.25) is 5.41 Å². The number of amidine groups is 1. The zero-order chi connectivity index (χ0) is 17.1. The van der Waals surface area contributed by atoms with Crippen molar-refractivity contribution in [2.75, 3.05) is 5.73 Å². The van der Waals surface area contributed by atoms with Gasteiger partial charge >= 0.3 is 0 Å². The van der Waals surface area contributed by atoms with E-state index in [0.717, 1.165) is 22.5 Å². The van der Waals surface area contributed by atoms with Crippen LogP contribution < -0.4 is 11.5 Å². The number of benzene rings is 2. The normalized spacial score (nSPS) is 11.5. The maximum Gasteiger partial charge on any atom is 0.221 e. The van der Waals surface area contributed by atoms with E-state index in [9.17, 15) is 0 Å². The van der Waals surface area contributed by atoms with Crippen LogP contribution in [-0.4, -0.2) is 21.2 Å². The van der Waals surface area contributed by atoms with Crippen molar-refractivity contribution in [3.63, 3.8) is 0 Å². The van der Waals surface area contributed by atoms with Gasteiger partial charge in [0.15, 0.2) is 0 Å². The Kier molecular flexibility index (Phi) is 4.11. The number of nitrogens with zero attached hydrogens (tertiary/aromatic N) is 3. The molecule has 0 saturated carbocycles. The molecule has 0 atom stereocenters. The van der Waals surface area contributed by atoms with Crippen LogP contribution in [0.15, 0.2) is 65.9 Å². The SMILES string of the molecule is CC(=Nn1cc(-c2ccccc2)nc1N)c1cccc(C(=N)N)c1. The molecule has 0 aliphatic heterocycles. The van der Waals surface area contributed by atoms with Crippen molar-refractivity contribution >= 4 is 17.5 Å². The van der Waals surface area contributed by atoms with Crippen LogP contribution in [0.1, 0.15) is 18.1 Å². The molecule has 0 saturated heterocycles. The highest BCUT2D eigenvalue weighted by atomic mass is 15.4. The third kappa shape index (κ3) is 3.17. The topological polar surface area (TPSA) is 106 Å². The number of nitrogens with two attached hydrogens (primary N) is 2. The third-order valence-corrected chi connectivity index (χ3v) is 3.63. The van der Waals surface area contributed by atoms with E-state index in [-0.39, 0.29) is 5.84 Å². The fourth-order valence-corrected chi connectivity index (χ4v) is 2.34. The minimum absolute atomic E-state index is 0.0261. The first-order valence-corrected chi connectivity index (χ1v) is 7.45. The summed E-state index contributed by atoms with van der Waals surface area (Å²) in [6.45, 7) is 1.88. The summed E-state index contributed by atoms with van der Waals surface area (Å²) in [4.78, 5) is 4.35. The fraction of sp³-hybridized carbons (Fsp3) is 0.0556. The van der Waals surface area contributed by atoms with Crippen LogP contribution in [0.2, 0.25) is 0 Å². The Morgan fingerprint density at radius 1 is 1.08 bits per heavy atom. The molecule has 0 amide bonds.